The summed E-state index contributed by atoms with van der Waals surface area (Å²) in [5, 5.41) is 10.2. The van der Waals surface area contributed by atoms with Crippen molar-refractivity contribution >= 4 is 5.78 Å². The van der Waals surface area contributed by atoms with Crippen LogP contribution < -0.4 is 0 Å². The number of aliphatic hydroxyl groups is 1. The minimum absolute atomic E-state index is 0.155. The molecular formula is C28H44O2. The van der Waals surface area contributed by atoms with Crippen LogP contribution in [0.25, 0.3) is 0 Å². The third kappa shape index (κ3) is 3.46. The van der Waals surface area contributed by atoms with Gasteiger partial charge >= 0.3 is 0 Å². The Labute approximate surface area is 184 Å². The van der Waals surface area contributed by atoms with Crippen LogP contribution in [0.2, 0.25) is 0 Å². The number of ketones is 1. The van der Waals surface area contributed by atoms with E-state index in [2.05, 4.69) is 41.2 Å². The van der Waals surface area contributed by atoms with E-state index in [0.717, 1.165) is 38.0 Å². The van der Waals surface area contributed by atoms with Crippen LogP contribution in [0.5, 0.6) is 0 Å². The van der Waals surface area contributed by atoms with Crippen molar-refractivity contribution in [1.82, 2.24) is 0 Å². The van der Waals surface area contributed by atoms with Gasteiger partial charge in [-0.25, -0.2) is 0 Å². The lowest BCUT2D eigenvalue weighted by Gasteiger charge is -2.54. The molecule has 2 fully saturated rings. The van der Waals surface area contributed by atoms with Crippen molar-refractivity contribution in [2.45, 2.75) is 105 Å². The highest BCUT2D eigenvalue weighted by Gasteiger charge is 2.57. The molecule has 0 aromatic heterocycles. The fourth-order valence-electron chi connectivity index (χ4n) is 8.05. The molecule has 4 aliphatic rings. The number of carbonyl (C=O) groups excluding carboxylic acids is 1. The van der Waals surface area contributed by atoms with Gasteiger partial charge in [0, 0.05) is 6.42 Å². The summed E-state index contributed by atoms with van der Waals surface area (Å²) in [5.41, 5.74) is 4.60. The number of hydrogen-bond acceptors (Lipinski definition) is 2. The van der Waals surface area contributed by atoms with Crippen molar-refractivity contribution in [3.05, 3.63) is 23.3 Å². The maximum Gasteiger partial charge on any atom is 0.159 e. The van der Waals surface area contributed by atoms with Gasteiger partial charge in [-0.3, -0.25) is 4.79 Å². The summed E-state index contributed by atoms with van der Waals surface area (Å²) in [6, 6.07) is 0. The van der Waals surface area contributed by atoms with Gasteiger partial charge in [-0.2, -0.15) is 0 Å². The fraction of sp³-hybridized carbons (Fsp3) is 0.821. The Morgan fingerprint density at radius 3 is 2.60 bits per heavy atom. The Kier molecular flexibility index (Phi) is 5.88. The summed E-state index contributed by atoms with van der Waals surface area (Å²) in [6.07, 6.45) is 10.5. The highest BCUT2D eigenvalue weighted by molar-refractivity contribution is 5.98. The molecule has 2 saturated carbocycles. The quantitative estimate of drug-likeness (QED) is 0.500. The first-order chi connectivity index (χ1) is 14.1. The molecule has 4 rings (SSSR count). The van der Waals surface area contributed by atoms with Crippen molar-refractivity contribution in [2.24, 2.45) is 40.4 Å². The SMILES string of the molecule is C=C(CC[C@@H](C)[C@H]1CC[C@H]2C3=C(CC[C@]12C)[C@@]1(C)CCC(O)CC1CC3=O)C(C)C. The third-order valence-corrected chi connectivity index (χ3v) is 10.3. The van der Waals surface area contributed by atoms with E-state index >= 15 is 0 Å². The van der Waals surface area contributed by atoms with Gasteiger partial charge in [-0.05, 0) is 104 Å². The van der Waals surface area contributed by atoms with E-state index in [9.17, 15) is 9.90 Å². The molecular weight excluding hydrogens is 368 g/mol. The van der Waals surface area contributed by atoms with E-state index in [1.165, 1.54) is 42.4 Å². The van der Waals surface area contributed by atoms with Crippen molar-refractivity contribution < 1.29 is 9.90 Å². The van der Waals surface area contributed by atoms with E-state index in [0.29, 0.717) is 35.9 Å². The summed E-state index contributed by atoms with van der Waals surface area (Å²) in [7, 11) is 0. The summed E-state index contributed by atoms with van der Waals surface area (Å²) in [4.78, 5) is 13.4. The minimum atomic E-state index is -0.204. The maximum atomic E-state index is 13.4. The van der Waals surface area contributed by atoms with E-state index in [1.54, 1.807) is 0 Å². The zero-order valence-electron chi connectivity index (χ0n) is 20.1. The zero-order valence-corrected chi connectivity index (χ0v) is 20.1. The standard InChI is InChI=1S/C28H44O2/c1-17(2)18(3)7-8-19(4)22-9-10-23-26-24(12-14-28(22,23)6)27(5)13-11-21(29)15-20(27)16-25(26)30/h17,19-23,29H,3,7-16H2,1-2,4-6H3/t19-,20?,21?,22-,23+,27+,28-/m1/s1. The van der Waals surface area contributed by atoms with Crippen molar-refractivity contribution in [1.29, 1.82) is 0 Å². The highest BCUT2D eigenvalue weighted by Crippen LogP contribution is 2.65. The van der Waals surface area contributed by atoms with Gasteiger partial charge < -0.3 is 5.11 Å². The second-order valence-corrected chi connectivity index (χ2v) is 12.1. The smallest absolute Gasteiger partial charge is 0.159 e. The average molecular weight is 413 g/mol. The summed E-state index contributed by atoms with van der Waals surface area (Å²) < 4.78 is 0. The lowest BCUT2D eigenvalue weighted by molar-refractivity contribution is -0.121. The molecule has 1 N–H and O–H groups in total. The van der Waals surface area contributed by atoms with Crippen LogP contribution in [-0.2, 0) is 4.79 Å². The predicted octanol–water partition coefficient (Wildman–Crippen LogP) is 6.88. The molecule has 0 saturated heterocycles. The molecule has 2 unspecified atom stereocenters. The number of Topliss-reactive ketones (excluding diaryl/α,β-unsaturated/α-hetero) is 1. The molecule has 0 radical (unpaired) electrons. The number of rotatable bonds is 5. The topological polar surface area (TPSA) is 37.3 Å². The normalized spacial score (nSPS) is 42.0. The second kappa shape index (κ2) is 7.91. The molecule has 0 amide bonds. The lowest BCUT2D eigenvalue weighted by Crippen LogP contribution is -2.48. The number of fused-ring (bicyclic) bond motifs is 4. The van der Waals surface area contributed by atoms with Crippen LogP contribution in [0, 0.1) is 40.4 Å². The average Bonchev–Trinajstić information content (AvgIpc) is 3.04. The van der Waals surface area contributed by atoms with Crippen LogP contribution >= 0.6 is 0 Å². The van der Waals surface area contributed by atoms with Gasteiger partial charge in [-0.1, -0.05) is 52.3 Å². The second-order valence-electron chi connectivity index (χ2n) is 12.1. The van der Waals surface area contributed by atoms with Crippen LogP contribution in [0.1, 0.15) is 98.8 Å². The monoisotopic (exact) mass is 412 g/mol. The Hall–Kier alpha value is -0.890. The van der Waals surface area contributed by atoms with Gasteiger partial charge in [-0.15, -0.1) is 0 Å². The molecule has 30 heavy (non-hydrogen) atoms. The molecule has 168 valence electrons. The van der Waals surface area contributed by atoms with Gasteiger partial charge in [0.2, 0.25) is 0 Å². The van der Waals surface area contributed by atoms with Gasteiger partial charge in [0.05, 0.1) is 6.10 Å². The van der Waals surface area contributed by atoms with E-state index in [-0.39, 0.29) is 16.9 Å². The Balaban J connectivity index is 1.58. The van der Waals surface area contributed by atoms with Crippen molar-refractivity contribution in [2.75, 3.05) is 0 Å². The summed E-state index contributed by atoms with van der Waals surface area (Å²) >= 11 is 0. The minimum Gasteiger partial charge on any atom is -0.393 e. The van der Waals surface area contributed by atoms with E-state index in [4.69, 9.17) is 0 Å². The number of aliphatic hydroxyl groups excluding tert-OH is 1. The number of hydrogen-bond donors (Lipinski definition) is 1. The van der Waals surface area contributed by atoms with Crippen LogP contribution in [-0.4, -0.2) is 17.0 Å². The first-order valence-corrected chi connectivity index (χ1v) is 12.7. The summed E-state index contributed by atoms with van der Waals surface area (Å²) in [5.74, 6) is 3.26. The molecule has 0 aromatic rings. The number of allylic oxidation sites excluding steroid dienone is 3. The van der Waals surface area contributed by atoms with Crippen molar-refractivity contribution in [3.8, 4) is 0 Å². The predicted molar refractivity (Wildman–Crippen MR) is 124 cm³/mol. The maximum absolute atomic E-state index is 13.4. The Morgan fingerprint density at radius 2 is 1.90 bits per heavy atom. The first-order valence-electron chi connectivity index (χ1n) is 12.7. The Morgan fingerprint density at radius 1 is 1.17 bits per heavy atom. The van der Waals surface area contributed by atoms with Crippen LogP contribution in [0.15, 0.2) is 23.3 Å². The van der Waals surface area contributed by atoms with Gasteiger partial charge in [0.25, 0.3) is 0 Å². The molecule has 0 bridgehead atoms. The largest absolute Gasteiger partial charge is 0.393 e. The lowest BCUT2D eigenvalue weighted by atomic mass is 9.50. The molecule has 2 heteroatoms. The van der Waals surface area contributed by atoms with Gasteiger partial charge in [0.1, 0.15) is 0 Å². The molecule has 0 spiro atoms. The molecule has 2 nitrogen and oxygen atoms in total. The molecule has 0 heterocycles. The Bertz CT molecular complexity index is 746. The molecule has 7 atom stereocenters. The molecule has 4 aliphatic carbocycles. The number of carbonyl (C=O) groups is 1. The first kappa shape index (κ1) is 22.3. The molecule has 0 aliphatic heterocycles. The van der Waals surface area contributed by atoms with E-state index < -0.39 is 0 Å². The van der Waals surface area contributed by atoms with E-state index in [1.807, 2.05) is 0 Å². The van der Waals surface area contributed by atoms with Crippen LogP contribution in [0.4, 0.5) is 0 Å². The molecule has 0 aromatic carbocycles. The summed E-state index contributed by atoms with van der Waals surface area (Å²) in [6.45, 7) is 16.2. The van der Waals surface area contributed by atoms with Crippen LogP contribution in [0.3, 0.4) is 0 Å². The zero-order chi connectivity index (χ0) is 21.8. The van der Waals surface area contributed by atoms with Gasteiger partial charge in [0.15, 0.2) is 5.78 Å². The third-order valence-electron chi connectivity index (χ3n) is 10.3. The highest BCUT2D eigenvalue weighted by atomic mass is 16.3. The van der Waals surface area contributed by atoms with Crippen molar-refractivity contribution in [3.63, 3.8) is 0 Å². The fourth-order valence-corrected chi connectivity index (χ4v) is 8.05.